The quantitative estimate of drug-likeness (QED) is 0.613. The van der Waals surface area contributed by atoms with E-state index >= 15 is 0 Å². The number of ether oxygens (including phenoxy) is 1. The van der Waals surface area contributed by atoms with Crippen LogP contribution in [-0.4, -0.2) is 24.4 Å². The minimum absolute atomic E-state index is 0.355. The number of esters is 1. The Balaban J connectivity index is 2.37. The molecule has 84 valence electrons. The molecule has 0 saturated carbocycles. The third kappa shape index (κ3) is 3.60. The van der Waals surface area contributed by atoms with Gasteiger partial charge < -0.3 is 14.9 Å². The van der Waals surface area contributed by atoms with Crippen LogP contribution in [0, 0.1) is 6.92 Å². The van der Waals surface area contributed by atoms with E-state index in [4.69, 9.17) is 14.9 Å². The van der Waals surface area contributed by atoms with Crippen molar-refractivity contribution in [2.75, 3.05) is 12.4 Å². The highest BCUT2D eigenvalue weighted by Gasteiger charge is 2.15. The van der Waals surface area contributed by atoms with Gasteiger partial charge in [0.05, 0.1) is 12.9 Å². The molecule has 1 rings (SSSR count). The van der Waals surface area contributed by atoms with E-state index in [9.17, 15) is 4.79 Å². The maximum Gasteiger partial charge on any atom is 0.323 e. The van der Waals surface area contributed by atoms with Gasteiger partial charge in [-0.15, -0.1) is 11.8 Å². The lowest BCUT2D eigenvalue weighted by molar-refractivity contribution is -0.144. The average molecular weight is 229 g/mol. The second-order valence-corrected chi connectivity index (χ2v) is 4.07. The van der Waals surface area contributed by atoms with Gasteiger partial charge in [-0.05, 0) is 19.9 Å². The lowest BCUT2D eigenvalue weighted by Gasteiger charge is -2.09. The van der Waals surface area contributed by atoms with E-state index in [1.807, 2.05) is 13.0 Å². The number of furan rings is 1. The van der Waals surface area contributed by atoms with Crippen molar-refractivity contribution in [3.05, 3.63) is 18.1 Å². The molecular formula is C10H15NO3S. The molecule has 0 radical (unpaired) electrons. The number of thioether (sulfide) groups is 1. The van der Waals surface area contributed by atoms with E-state index < -0.39 is 6.04 Å². The molecule has 0 aliphatic rings. The first kappa shape index (κ1) is 12.1. The molecule has 1 atom stereocenters. The fourth-order valence-electron chi connectivity index (χ4n) is 1.02. The minimum atomic E-state index is -0.579. The first-order valence-electron chi connectivity index (χ1n) is 4.74. The van der Waals surface area contributed by atoms with Gasteiger partial charge in [0, 0.05) is 10.6 Å². The van der Waals surface area contributed by atoms with Crippen LogP contribution in [0.3, 0.4) is 0 Å². The SMILES string of the molecule is CCOC(=O)C(N)CSc1ccoc1C. The fraction of sp³-hybridized carbons (Fsp3) is 0.500. The number of nitrogens with two attached hydrogens (primary N) is 1. The zero-order chi connectivity index (χ0) is 11.3. The molecular weight excluding hydrogens is 214 g/mol. The average Bonchev–Trinajstić information content (AvgIpc) is 2.61. The number of rotatable bonds is 5. The molecule has 0 amide bonds. The molecule has 5 heteroatoms. The summed E-state index contributed by atoms with van der Waals surface area (Å²) < 4.78 is 9.93. The number of aryl methyl sites for hydroxylation is 1. The van der Waals surface area contributed by atoms with E-state index in [1.165, 1.54) is 11.8 Å². The van der Waals surface area contributed by atoms with Crippen LogP contribution in [0.25, 0.3) is 0 Å². The maximum absolute atomic E-state index is 11.2. The van der Waals surface area contributed by atoms with Crippen LogP contribution >= 0.6 is 11.8 Å². The predicted octanol–water partition coefficient (Wildman–Crippen LogP) is 1.57. The van der Waals surface area contributed by atoms with Gasteiger partial charge in [0.2, 0.25) is 0 Å². The highest BCUT2D eigenvalue weighted by atomic mass is 32.2. The summed E-state index contributed by atoms with van der Waals surface area (Å²) >= 11 is 1.50. The van der Waals surface area contributed by atoms with Crippen molar-refractivity contribution in [3.8, 4) is 0 Å². The van der Waals surface area contributed by atoms with Crippen molar-refractivity contribution in [3.63, 3.8) is 0 Å². The van der Waals surface area contributed by atoms with Crippen LogP contribution in [0.1, 0.15) is 12.7 Å². The lowest BCUT2D eigenvalue weighted by Crippen LogP contribution is -2.34. The Kier molecular flexibility index (Phi) is 4.71. The number of carbonyl (C=O) groups excluding carboxylic acids is 1. The van der Waals surface area contributed by atoms with Crippen LogP contribution in [-0.2, 0) is 9.53 Å². The van der Waals surface area contributed by atoms with E-state index in [2.05, 4.69) is 0 Å². The van der Waals surface area contributed by atoms with Gasteiger partial charge in [0.25, 0.3) is 0 Å². The molecule has 0 fully saturated rings. The molecule has 1 unspecified atom stereocenters. The van der Waals surface area contributed by atoms with Gasteiger partial charge in [-0.25, -0.2) is 0 Å². The molecule has 1 aromatic rings. The van der Waals surface area contributed by atoms with Crippen molar-refractivity contribution in [1.29, 1.82) is 0 Å². The second kappa shape index (κ2) is 5.82. The molecule has 2 N–H and O–H groups in total. The first-order chi connectivity index (χ1) is 7.15. The van der Waals surface area contributed by atoms with Crippen LogP contribution in [0.4, 0.5) is 0 Å². The molecule has 0 saturated heterocycles. The van der Waals surface area contributed by atoms with Crippen molar-refractivity contribution in [2.45, 2.75) is 24.8 Å². The van der Waals surface area contributed by atoms with Gasteiger partial charge in [0.1, 0.15) is 11.8 Å². The number of hydrogen-bond donors (Lipinski definition) is 1. The molecule has 15 heavy (non-hydrogen) atoms. The molecule has 4 nitrogen and oxygen atoms in total. The van der Waals surface area contributed by atoms with E-state index in [-0.39, 0.29) is 5.97 Å². The monoisotopic (exact) mass is 229 g/mol. The molecule has 0 spiro atoms. The predicted molar refractivity (Wildman–Crippen MR) is 58.8 cm³/mol. The van der Waals surface area contributed by atoms with E-state index in [0.717, 1.165) is 10.7 Å². The van der Waals surface area contributed by atoms with Gasteiger partial charge in [-0.1, -0.05) is 0 Å². The molecule has 0 aliphatic heterocycles. The van der Waals surface area contributed by atoms with Crippen LogP contribution < -0.4 is 5.73 Å². The molecule has 0 aliphatic carbocycles. The van der Waals surface area contributed by atoms with Crippen molar-refractivity contribution in [1.82, 2.24) is 0 Å². The summed E-state index contributed by atoms with van der Waals surface area (Å²) in [6, 6.07) is 1.28. The highest BCUT2D eigenvalue weighted by Crippen LogP contribution is 2.23. The topological polar surface area (TPSA) is 65.5 Å². The Labute approximate surface area is 93.2 Å². The van der Waals surface area contributed by atoms with Gasteiger partial charge in [-0.3, -0.25) is 4.79 Å². The third-order valence-corrected chi connectivity index (χ3v) is 3.08. The summed E-state index contributed by atoms with van der Waals surface area (Å²) in [5.41, 5.74) is 5.64. The molecule has 0 bridgehead atoms. The van der Waals surface area contributed by atoms with Gasteiger partial charge in [0.15, 0.2) is 0 Å². The van der Waals surface area contributed by atoms with Crippen molar-refractivity contribution in [2.24, 2.45) is 5.73 Å². The van der Waals surface area contributed by atoms with Crippen LogP contribution in [0.2, 0.25) is 0 Å². The Bertz CT molecular complexity index is 324. The third-order valence-electron chi connectivity index (χ3n) is 1.82. The standard InChI is InChI=1S/C10H15NO3S/c1-3-13-10(12)8(11)6-15-9-4-5-14-7(9)2/h4-5,8H,3,6,11H2,1-2H3. The largest absolute Gasteiger partial charge is 0.468 e. The summed E-state index contributed by atoms with van der Waals surface area (Å²) in [5, 5.41) is 0. The maximum atomic E-state index is 11.2. The summed E-state index contributed by atoms with van der Waals surface area (Å²) in [6.07, 6.45) is 1.62. The second-order valence-electron chi connectivity index (χ2n) is 3.01. The van der Waals surface area contributed by atoms with Crippen molar-refractivity contribution < 1.29 is 13.9 Å². The van der Waals surface area contributed by atoms with E-state index in [1.54, 1.807) is 13.2 Å². The Morgan fingerprint density at radius 1 is 1.73 bits per heavy atom. The zero-order valence-electron chi connectivity index (χ0n) is 8.86. The fourth-order valence-corrected chi connectivity index (χ4v) is 1.92. The number of carbonyl (C=O) groups is 1. The van der Waals surface area contributed by atoms with Gasteiger partial charge >= 0.3 is 5.97 Å². The summed E-state index contributed by atoms with van der Waals surface area (Å²) in [4.78, 5) is 12.2. The molecule has 1 aromatic heterocycles. The first-order valence-corrected chi connectivity index (χ1v) is 5.72. The Morgan fingerprint density at radius 2 is 2.47 bits per heavy atom. The Morgan fingerprint density at radius 3 is 3.00 bits per heavy atom. The lowest BCUT2D eigenvalue weighted by atomic mass is 10.4. The zero-order valence-corrected chi connectivity index (χ0v) is 9.67. The summed E-state index contributed by atoms with van der Waals surface area (Å²) in [7, 11) is 0. The minimum Gasteiger partial charge on any atom is -0.468 e. The van der Waals surface area contributed by atoms with Crippen LogP contribution in [0.5, 0.6) is 0 Å². The van der Waals surface area contributed by atoms with Crippen LogP contribution in [0.15, 0.2) is 21.6 Å². The summed E-state index contributed by atoms with van der Waals surface area (Å²) in [5.74, 6) is 0.987. The van der Waals surface area contributed by atoms with E-state index in [0.29, 0.717) is 12.4 Å². The normalized spacial score (nSPS) is 12.5. The van der Waals surface area contributed by atoms with Crippen molar-refractivity contribution >= 4 is 17.7 Å². The summed E-state index contributed by atoms with van der Waals surface area (Å²) in [6.45, 7) is 4.00. The number of hydrogen-bond acceptors (Lipinski definition) is 5. The molecule has 0 aromatic carbocycles. The highest BCUT2D eigenvalue weighted by molar-refractivity contribution is 7.99. The molecule has 1 heterocycles. The van der Waals surface area contributed by atoms with Gasteiger partial charge in [-0.2, -0.15) is 0 Å². The Hall–Kier alpha value is -0.940. The smallest absolute Gasteiger partial charge is 0.323 e.